The normalized spacial score (nSPS) is 11.9. The average Bonchev–Trinajstić information content (AvgIpc) is 3.13. The van der Waals surface area contributed by atoms with Crippen LogP contribution in [0.1, 0.15) is 70.4 Å². The zero-order valence-electron chi connectivity index (χ0n) is 16.1. The number of imidazole rings is 1. The van der Waals surface area contributed by atoms with E-state index in [0.717, 1.165) is 18.5 Å². The molecule has 0 saturated heterocycles. The van der Waals surface area contributed by atoms with E-state index >= 15 is 0 Å². The molecule has 7 heteroatoms. The molecule has 0 aliphatic rings. The predicted molar refractivity (Wildman–Crippen MR) is 104 cm³/mol. The summed E-state index contributed by atoms with van der Waals surface area (Å²) < 4.78 is 0. The first-order valence-electron chi connectivity index (χ1n) is 9.91. The Kier molecular flexibility index (Phi) is 12.2. The summed E-state index contributed by atoms with van der Waals surface area (Å²) in [6.45, 7) is 3.13. The molecule has 1 aromatic rings. The first kappa shape index (κ1) is 22.2. The average molecular weight is 366 g/mol. The van der Waals surface area contributed by atoms with Crippen LogP contribution in [-0.2, 0) is 16.0 Å². The summed E-state index contributed by atoms with van der Waals surface area (Å²) in [6.07, 6.45) is 13.6. The van der Waals surface area contributed by atoms with Crippen LogP contribution < -0.4 is 16.4 Å². The van der Waals surface area contributed by atoms with Crippen molar-refractivity contribution >= 4 is 11.8 Å². The van der Waals surface area contributed by atoms with Crippen molar-refractivity contribution in [3.63, 3.8) is 0 Å². The molecule has 0 bridgehead atoms. The maximum Gasteiger partial charge on any atom is 0.242 e. The van der Waals surface area contributed by atoms with Crippen LogP contribution in [0.4, 0.5) is 0 Å². The van der Waals surface area contributed by atoms with E-state index < -0.39 is 6.04 Å². The molecule has 5 N–H and O–H groups in total. The Morgan fingerprint density at radius 3 is 2.46 bits per heavy atom. The highest BCUT2D eigenvalue weighted by Crippen LogP contribution is 2.08. The first-order chi connectivity index (χ1) is 12.7. The number of nitrogens with one attached hydrogen (secondary N) is 3. The number of carbonyl (C=O) groups excluding carboxylic acids is 2. The van der Waals surface area contributed by atoms with Gasteiger partial charge in [-0.3, -0.25) is 9.59 Å². The minimum atomic E-state index is -0.608. The molecule has 0 aliphatic heterocycles. The van der Waals surface area contributed by atoms with Crippen LogP contribution in [0.15, 0.2) is 12.5 Å². The van der Waals surface area contributed by atoms with Gasteiger partial charge in [0.1, 0.15) is 6.04 Å². The second kappa shape index (κ2) is 14.3. The summed E-state index contributed by atoms with van der Waals surface area (Å²) in [4.78, 5) is 31.2. The van der Waals surface area contributed by atoms with E-state index in [9.17, 15) is 9.59 Å². The lowest BCUT2D eigenvalue weighted by atomic mass is 10.1. The smallest absolute Gasteiger partial charge is 0.242 e. The molecule has 0 spiro atoms. The van der Waals surface area contributed by atoms with E-state index in [2.05, 4.69) is 27.5 Å². The highest BCUT2D eigenvalue weighted by molar-refractivity contribution is 5.87. The third kappa shape index (κ3) is 10.2. The van der Waals surface area contributed by atoms with Crippen molar-refractivity contribution in [1.82, 2.24) is 20.6 Å². The lowest BCUT2D eigenvalue weighted by Crippen LogP contribution is -2.48. The zero-order chi connectivity index (χ0) is 19.0. The van der Waals surface area contributed by atoms with Crippen molar-refractivity contribution in [3.05, 3.63) is 18.2 Å². The van der Waals surface area contributed by atoms with Crippen molar-refractivity contribution in [1.29, 1.82) is 0 Å². The van der Waals surface area contributed by atoms with E-state index in [1.54, 1.807) is 12.5 Å². The summed E-state index contributed by atoms with van der Waals surface area (Å²) >= 11 is 0. The number of rotatable bonds is 15. The minimum absolute atomic E-state index is 0.159. The van der Waals surface area contributed by atoms with Gasteiger partial charge >= 0.3 is 0 Å². The van der Waals surface area contributed by atoms with Gasteiger partial charge in [0.15, 0.2) is 0 Å². The van der Waals surface area contributed by atoms with E-state index in [0.29, 0.717) is 13.0 Å². The van der Waals surface area contributed by atoms with Crippen LogP contribution in [0.3, 0.4) is 0 Å². The summed E-state index contributed by atoms with van der Waals surface area (Å²) in [5, 5.41) is 5.69. The Bertz CT molecular complexity index is 490. The second-order valence-corrected chi connectivity index (χ2v) is 6.71. The van der Waals surface area contributed by atoms with Crippen LogP contribution in [-0.4, -0.2) is 40.9 Å². The van der Waals surface area contributed by atoms with E-state index in [1.165, 1.54) is 38.5 Å². The van der Waals surface area contributed by atoms with Crippen molar-refractivity contribution in [2.24, 2.45) is 5.73 Å². The fraction of sp³-hybridized carbons (Fsp3) is 0.737. The number of H-pyrrole nitrogens is 1. The molecule has 1 rings (SSSR count). The zero-order valence-corrected chi connectivity index (χ0v) is 16.1. The molecule has 1 heterocycles. The minimum Gasteiger partial charge on any atom is -0.354 e. The number of hydrogen-bond donors (Lipinski definition) is 4. The van der Waals surface area contributed by atoms with Crippen LogP contribution in [0.25, 0.3) is 0 Å². The molecule has 2 amide bonds. The highest BCUT2D eigenvalue weighted by Gasteiger charge is 2.21. The molecule has 0 radical (unpaired) electrons. The lowest BCUT2D eigenvalue weighted by molar-refractivity contribution is -0.128. The molecule has 1 unspecified atom stereocenters. The molecule has 7 nitrogen and oxygen atoms in total. The van der Waals surface area contributed by atoms with Gasteiger partial charge in [0.05, 0.1) is 6.33 Å². The molecule has 0 aromatic carbocycles. The van der Waals surface area contributed by atoms with Gasteiger partial charge in [-0.25, -0.2) is 4.98 Å². The number of aromatic nitrogens is 2. The van der Waals surface area contributed by atoms with E-state index in [1.807, 2.05) is 0 Å². The van der Waals surface area contributed by atoms with Gasteiger partial charge in [-0.1, -0.05) is 51.9 Å². The fourth-order valence-electron chi connectivity index (χ4n) is 2.82. The number of nitrogens with zero attached hydrogens (tertiary/aromatic N) is 1. The number of amides is 2. The SMILES string of the molecule is CCCCCCCCCCNC(=O)C(Cc1cnc[nH]1)NC(=O)CCN. The van der Waals surface area contributed by atoms with Crippen molar-refractivity contribution in [2.45, 2.75) is 77.2 Å². The fourth-order valence-corrected chi connectivity index (χ4v) is 2.82. The predicted octanol–water partition coefficient (Wildman–Crippen LogP) is 2.04. The number of nitrogens with two attached hydrogens (primary N) is 1. The van der Waals surface area contributed by atoms with Gasteiger partial charge in [0.25, 0.3) is 0 Å². The summed E-state index contributed by atoms with van der Waals surface area (Å²) in [7, 11) is 0. The van der Waals surface area contributed by atoms with Crippen molar-refractivity contribution < 1.29 is 9.59 Å². The van der Waals surface area contributed by atoms with Gasteiger partial charge in [0, 0.05) is 37.8 Å². The largest absolute Gasteiger partial charge is 0.354 e. The van der Waals surface area contributed by atoms with Gasteiger partial charge in [-0.15, -0.1) is 0 Å². The van der Waals surface area contributed by atoms with Crippen LogP contribution in [0.2, 0.25) is 0 Å². The quantitative estimate of drug-likeness (QED) is 0.356. The van der Waals surface area contributed by atoms with Gasteiger partial charge in [-0.05, 0) is 6.42 Å². The number of aromatic amines is 1. The molecule has 26 heavy (non-hydrogen) atoms. The maximum atomic E-state index is 12.4. The van der Waals surface area contributed by atoms with Crippen LogP contribution in [0.5, 0.6) is 0 Å². The summed E-state index contributed by atoms with van der Waals surface area (Å²) in [5.74, 6) is -0.368. The number of carbonyl (C=O) groups is 2. The van der Waals surface area contributed by atoms with E-state index in [-0.39, 0.29) is 24.8 Å². The number of unbranched alkanes of at least 4 members (excludes halogenated alkanes) is 7. The standard InChI is InChI=1S/C19H35N5O2/c1-2-3-4-5-6-7-8-9-12-22-19(26)17(24-18(25)10-11-20)13-16-14-21-15-23-16/h14-15,17H,2-13,20H2,1H3,(H,21,23)(H,22,26)(H,24,25). The van der Waals surface area contributed by atoms with Crippen LogP contribution >= 0.6 is 0 Å². The Hall–Kier alpha value is -1.89. The third-order valence-corrected chi connectivity index (χ3v) is 4.33. The molecular weight excluding hydrogens is 330 g/mol. The summed E-state index contributed by atoms with van der Waals surface area (Å²) in [5.41, 5.74) is 6.22. The highest BCUT2D eigenvalue weighted by atomic mass is 16.2. The Morgan fingerprint density at radius 1 is 1.15 bits per heavy atom. The molecule has 1 atom stereocenters. The Labute approximate surface area is 156 Å². The monoisotopic (exact) mass is 365 g/mol. The molecular formula is C19H35N5O2. The van der Waals surface area contributed by atoms with Crippen LogP contribution in [0, 0.1) is 0 Å². The topological polar surface area (TPSA) is 113 Å². The maximum absolute atomic E-state index is 12.4. The van der Waals surface area contributed by atoms with Gasteiger partial charge in [-0.2, -0.15) is 0 Å². The lowest BCUT2D eigenvalue weighted by Gasteiger charge is -2.18. The second-order valence-electron chi connectivity index (χ2n) is 6.71. The first-order valence-corrected chi connectivity index (χ1v) is 9.91. The van der Waals surface area contributed by atoms with Gasteiger partial charge in [0.2, 0.25) is 11.8 Å². The Balaban J connectivity index is 2.27. The molecule has 0 aliphatic carbocycles. The molecule has 0 fully saturated rings. The Morgan fingerprint density at radius 2 is 1.85 bits per heavy atom. The van der Waals surface area contributed by atoms with Gasteiger partial charge < -0.3 is 21.4 Å². The van der Waals surface area contributed by atoms with Crippen molar-refractivity contribution in [3.8, 4) is 0 Å². The third-order valence-electron chi connectivity index (χ3n) is 4.33. The molecule has 0 saturated carbocycles. The molecule has 1 aromatic heterocycles. The van der Waals surface area contributed by atoms with Crippen molar-refractivity contribution in [2.75, 3.05) is 13.1 Å². The number of hydrogen-bond acceptors (Lipinski definition) is 4. The van der Waals surface area contributed by atoms with E-state index in [4.69, 9.17) is 5.73 Å². The molecule has 148 valence electrons. The summed E-state index contributed by atoms with van der Waals surface area (Å²) in [6, 6.07) is -0.608.